The number of hydrogen-bond donors (Lipinski definition) is 1. The second kappa shape index (κ2) is 7.50. The van der Waals surface area contributed by atoms with Crippen LogP contribution in [0, 0.1) is 11.6 Å². The molecule has 0 heterocycles. The highest BCUT2D eigenvalue weighted by molar-refractivity contribution is 7.89. The van der Waals surface area contributed by atoms with Crippen molar-refractivity contribution in [1.29, 1.82) is 0 Å². The summed E-state index contributed by atoms with van der Waals surface area (Å²) in [6, 6.07) is 10.6. The molecule has 0 aliphatic rings. The molecule has 1 N–H and O–H groups in total. The van der Waals surface area contributed by atoms with E-state index in [9.17, 15) is 22.0 Å². The van der Waals surface area contributed by atoms with Crippen molar-refractivity contribution in [2.45, 2.75) is 11.8 Å². The van der Waals surface area contributed by atoms with E-state index in [-0.39, 0.29) is 17.1 Å². The lowest BCUT2D eigenvalue weighted by Crippen LogP contribution is -2.37. The fourth-order valence-electron chi connectivity index (χ4n) is 2.04. The summed E-state index contributed by atoms with van der Waals surface area (Å²) in [5.41, 5.74) is 0.0482. The maximum Gasteiger partial charge on any atom is 0.243 e. The molecule has 0 bridgehead atoms. The minimum atomic E-state index is -3.81. The molecule has 24 heavy (non-hydrogen) atoms. The Morgan fingerprint density at radius 1 is 1.08 bits per heavy atom. The molecule has 0 aliphatic carbocycles. The average molecular weight is 354 g/mol. The number of amides is 1. The van der Waals surface area contributed by atoms with Crippen molar-refractivity contribution < 1.29 is 22.0 Å². The zero-order chi connectivity index (χ0) is 17.7. The Balaban J connectivity index is 2.12. The topological polar surface area (TPSA) is 66.5 Å². The van der Waals surface area contributed by atoms with E-state index in [1.165, 1.54) is 18.2 Å². The van der Waals surface area contributed by atoms with Crippen LogP contribution in [0.2, 0.25) is 0 Å². The first-order valence-corrected chi connectivity index (χ1v) is 8.58. The number of likely N-dealkylation sites (N-methyl/N-ethyl adjacent to an activating group) is 1. The van der Waals surface area contributed by atoms with Gasteiger partial charge in [-0.2, -0.15) is 4.31 Å². The molecule has 1 amide bonds. The minimum absolute atomic E-state index is 0.0482. The summed E-state index contributed by atoms with van der Waals surface area (Å²) < 4.78 is 52.0. The van der Waals surface area contributed by atoms with E-state index in [0.29, 0.717) is 0 Å². The van der Waals surface area contributed by atoms with Gasteiger partial charge in [-0.3, -0.25) is 4.79 Å². The van der Waals surface area contributed by atoms with Gasteiger partial charge in [0, 0.05) is 18.3 Å². The maximum absolute atomic E-state index is 13.1. The first kappa shape index (κ1) is 18.0. The molecule has 2 rings (SSSR count). The highest BCUT2D eigenvalue weighted by Crippen LogP contribution is 2.16. The summed E-state index contributed by atoms with van der Waals surface area (Å²) >= 11 is 0. The number of benzene rings is 2. The van der Waals surface area contributed by atoms with E-state index in [1.807, 2.05) is 0 Å². The second-order valence-corrected chi connectivity index (χ2v) is 6.86. The van der Waals surface area contributed by atoms with E-state index in [2.05, 4.69) is 5.32 Å². The quantitative estimate of drug-likeness (QED) is 0.867. The zero-order valence-corrected chi connectivity index (χ0v) is 13.7. The summed E-state index contributed by atoms with van der Waals surface area (Å²) in [6.45, 7) is 1.25. The highest BCUT2D eigenvalue weighted by atomic mass is 32.2. The van der Waals surface area contributed by atoms with Crippen LogP contribution in [0.1, 0.15) is 6.92 Å². The van der Waals surface area contributed by atoms with Crippen LogP contribution in [0.3, 0.4) is 0 Å². The van der Waals surface area contributed by atoms with E-state index in [1.54, 1.807) is 25.1 Å². The molecule has 5 nitrogen and oxygen atoms in total. The van der Waals surface area contributed by atoms with Crippen molar-refractivity contribution >= 4 is 21.6 Å². The normalized spacial score (nSPS) is 11.5. The van der Waals surface area contributed by atoms with Crippen LogP contribution in [0.25, 0.3) is 0 Å². The van der Waals surface area contributed by atoms with Crippen molar-refractivity contribution in [3.05, 3.63) is 60.2 Å². The number of anilines is 1. The third-order valence-corrected chi connectivity index (χ3v) is 5.19. The largest absolute Gasteiger partial charge is 0.325 e. The number of sulfonamides is 1. The fourth-order valence-corrected chi connectivity index (χ4v) is 3.47. The van der Waals surface area contributed by atoms with Gasteiger partial charge >= 0.3 is 0 Å². The molecular weight excluding hydrogens is 338 g/mol. The number of carbonyl (C=O) groups is 1. The van der Waals surface area contributed by atoms with Crippen molar-refractivity contribution in [3.63, 3.8) is 0 Å². The summed E-state index contributed by atoms with van der Waals surface area (Å²) in [6.07, 6.45) is 0. The molecular formula is C16H16F2N2O3S. The molecule has 0 aromatic heterocycles. The van der Waals surface area contributed by atoms with Gasteiger partial charge in [0.05, 0.1) is 11.4 Å². The molecule has 0 fully saturated rings. The van der Waals surface area contributed by atoms with E-state index >= 15 is 0 Å². The van der Waals surface area contributed by atoms with Gasteiger partial charge < -0.3 is 5.32 Å². The number of hydrogen-bond acceptors (Lipinski definition) is 3. The summed E-state index contributed by atoms with van der Waals surface area (Å²) in [5, 5.41) is 2.35. The van der Waals surface area contributed by atoms with Gasteiger partial charge in [0.25, 0.3) is 0 Å². The second-order valence-electron chi connectivity index (χ2n) is 4.92. The third-order valence-electron chi connectivity index (χ3n) is 3.26. The lowest BCUT2D eigenvalue weighted by molar-refractivity contribution is -0.116. The molecule has 8 heteroatoms. The van der Waals surface area contributed by atoms with E-state index < -0.39 is 34.1 Å². The Morgan fingerprint density at radius 3 is 2.33 bits per heavy atom. The molecule has 128 valence electrons. The molecule has 0 spiro atoms. The molecule has 0 atom stereocenters. The van der Waals surface area contributed by atoms with Gasteiger partial charge in [-0.1, -0.05) is 25.1 Å². The molecule has 2 aromatic rings. The van der Waals surface area contributed by atoms with Gasteiger partial charge in [0.2, 0.25) is 15.9 Å². The van der Waals surface area contributed by atoms with Gasteiger partial charge in [0.1, 0.15) is 0 Å². The van der Waals surface area contributed by atoms with Crippen LogP contribution < -0.4 is 5.32 Å². The number of rotatable bonds is 6. The third kappa shape index (κ3) is 4.15. The molecule has 2 aromatic carbocycles. The van der Waals surface area contributed by atoms with Crippen LogP contribution in [-0.2, 0) is 14.8 Å². The van der Waals surface area contributed by atoms with Crippen molar-refractivity contribution in [2.24, 2.45) is 0 Å². The molecule has 0 saturated carbocycles. The Labute approximate surface area is 139 Å². The predicted octanol–water partition coefficient (Wildman–Crippen LogP) is 2.61. The van der Waals surface area contributed by atoms with Gasteiger partial charge in [-0.05, 0) is 24.3 Å². The predicted molar refractivity (Wildman–Crippen MR) is 85.9 cm³/mol. The number of halogens is 2. The highest BCUT2D eigenvalue weighted by Gasteiger charge is 2.25. The van der Waals surface area contributed by atoms with Crippen LogP contribution in [0.15, 0.2) is 53.4 Å². The molecule has 0 radical (unpaired) electrons. The maximum atomic E-state index is 13.1. The molecule has 0 saturated heterocycles. The smallest absolute Gasteiger partial charge is 0.243 e. The van der Waals surface area contributed by atoms with Crippen LogP contribution >= 0.6 is 0 Å². The number of nitrogens with one attached hydrogen (secondary N) is 1. The number of nitrogens with zero attached hydrogens (tertiary/aromatic N) is 1. The summed E-state index contributed by atoms with van der Waals surface area (Å²) in [7, 11) is -3.81. The first-order chi connectivity index (χ1) is 11.3. The monoisotopic (exact) mass is 354 g/mol. The molecule has 0 aliphatic heterocycles. The van der Waals surface area contributed by atoms with E-state index in [0.717, 1.165) is 16.4 Å². The Bertz CT molecular complexity index is 826. The fraction of sp³-hybridized carbons (Fsp3) is 0.188. The average Bonchev–Trinajstić information content (AvgIpc) is 2.56. The number of carbonyl (C=O) groups excluding carboxylic acids is 1. The van der Waals surface area contributed by atoms with Gasteiger partial charge in [-0.15, -0.1) is 0 Å². The van der Waals surface area contributed by atoms with Crippen molar-refractivity contribution in [2.75, 3.05) is 18.4 Å². The minimum Gasteiger partial charge on any atom is -0.325 e. The Kier molecular flexibility index (Phi) is 5.63. The van der Waals surface area contributed by atoms with Crippen LogP contribution in [-0.4, -0.2) is 31.7 Å². The van der Waals surface area contributed by atoms with Crippen molar-refractivity contribution in [1.82, 2.24) is 4.31 Å². The zero-order valence-electron chi connectivity index (χ0n) is 12.9. The van der Waals surface area contributed by atoms with Crippen LogP contribution in [0.4, 0.5) is 14.5 Å². The first-order valence-electron chi connectivity index (χ1n) is 7.14. The standard InChI is InChI=1S/C16H16F2N2O3S/c1-2-20(24(22,23)13-6-4-3-5-7-13)11-16(21)19-12-8-9-14(17)15(18)10-12/h3-10H,2,11H2,1H3,(H,19,21). The lowest BCUT2D eigenvalue weighted by Gasteiger charge is -2.20. The Morgan fingerprint density at radius 2 is 1.75 bits per heavy atom. The molecule has 0 unspecified atom stereocenters. The lowest BCUT2D eigenvalue weighted by atomic mass is 10.3. The van der Waals surface area contributed by atoms with Crippen LogP contribution in [0.5, 0.6) is 0 Å². The van der Waals surface area contributed by atoms with Gasteiger partial charge in [-0.25, -0.2) is 17.2 Å². The summed E-state index contributed by atoms with van der Waals surface area (Å²) in [4.78, 5) is 12.1. The van der Waals surface area contributed by atoms with E-state index in [4.69, 9.17) is 0 Å². The Hall–Kier alpha value is -2.32. The van der Waals surface area contributed by atoms with Crippen molar-refractivity contribution in [3.8, 4) is 0 Å². The SMILES string of the molecule is CCN(CC(=O)Nc1ccc(F)c(F)c1)S(=O)(=O)c1ccccc1. The van der Waals surface area contributed by atoms with Gasteiger partial charge in [0.15, 0.2) is 11.6 Å². The summed E-state index contributed by atoms with van der Waals surface area (Å²) in [5.74, 6) is -2.78.